The van der Waals surface area contributed by atoms with Crippen molar-refractivity contribution >= 4 is 22.7 Å². The molecule has 0 bridgehead atoms. The standard InChI is InChI=1S/C20H21N3O3/c24-19(11-6-12-26-16-7-2-1-3-8-16)22-23-20(25)13-15-14-21-18-10-5-4-9-17(15)18/h1-5,7-10,14,21H,6,11-13H2,(H,22,24)(H,23,25). The average Bonchev–Trinajstić information content (AvgIpc) is 3.07. The Kier molecular flexibility index (Phi) is 5.88. The zero-order valence-corrected chi connectivity index (χ0v) is 14.3. The number of H-pyrrole nitrogens is 1. The van der Waals surface area contributed by atoms with Crippen molar-refractivity contribution in [1.29, 1.82) is 0 Å². The van der Waals surface area contributed by atoms with E-state index in [0.717, 1.165) is 22.2 Å². The van der Waals surface area contributed by atoms with Gasteiger partial charge in [-0.3, -0.25) is 20.4 Å². The summed E-state index contributed by atoms with van der Waals surface area (Å²) in [6.45, 7) is 0.445. The number of carbonyl (C=O) groups excluding carboxylic acids is 2. The lowest BCUT2D eigenvalue weighted by molar-refractivity contribution is -0.128. The van der Waals surface area contributed by atoms with Crippen LogP contribution >= 0.6 is 0 Å². The molecule has 26 heavy (non-hydrogen) atoms. The van der Waals surface area contributed by atoms with Crippen molar-refractivity contribution < 1.29 is 14.3 Å². The summed E-state index contributed by atoms with van der Waals surface area (Å²) in [5.74, 6) is 0.275. The first kappa shape index (κ1) is 17.5. The number of aromatic amines is 1. The van der Waals surface area contributed by atoms with E-state index in [2.05, 4.69) is 15.8 Å². The number of hydrazine groups is 1. The fourth-order valence-electron chi connectivity index (χ4n) is 2.64. The fraction of sp³-hybridized carbons (Fsp3) is 0.200. The van der Waals surface area contributed by atoms with E-state index in [0.29, 0.717) is 13.0 Å². The van der Waals surface area contributed by atoms with Gasteiger partial charge in [0.1, 0.15) is 5.75 Å². The van der Waals surface area contributed by atoms with E-state index in [9.17, 15) is 9.59 Å². The van der Waals surface area contributed by atoms with Crippen LogP contribution in [0.5, 0.6) is 5.75 Å². The molecule has 0 spiro atoms. The molecule has 1 aromatic heterocycles. The normalized spacial score (nSPS) is 10.5. The minimum absolute atomic E-state index is 0.196. The van der Waals surface area contributed by atoms with Crippen LogP contribution in [-0.4, -0.2) is 23.4 Å². The Labute approximate surface area is 151 Å². The topological polar surface area (TPSA) is 83.2 Å². The number of fused-ring (bicyclic) bond motifs is 1. The SMILES string of the molecule is O=C(CCCOc1ccccc1)NNC(=O)Cc1c[nH]c2ccccc12. The number of rotatable bonds is 7. The third kappa shape index (κ3) is 4.86. The Morgan fingerprint density at radius 2 is 1.65 bits per heavy atom. The van der Waals surface area contributed by atoms with Crippen LogP contribution in [0, 0.1) is 0 Å². The molecular formula is C20H21N3O3. The van der Waals surface area contributed by atoms with Gasteiger partial charge in [0.2, 0.25) is 11.8 Å². The summed E-state index contributed by atoms with van der Waals surface area (Å²) in [5, 5.41) is 1.01. The van der Waals surface area contributed by atoms with Gasteiger partial charge in [-0.2, -0.15) is 0 Å². The minimum Gasteiger partial charge on any atom is -0.494 e. The molecule has 0 aliphatic carbocycles. The highest BCUT2D eigenvalue weighted by Gasteiger charge is 2.09. The predicted molar refractivity (Wildman–Crippen MR) is 99.5 cm³/mol. The molecule has 0 radical (unpaired) electrons. The maximum atomic E-state index is 12.0. The molecule has 0 aliphatic heterocycles. The maximum Gasteiger partial charge on any atom is 0.242 e. The molecule has 2 amide bonds. The largest absolute Gasteiger partial charge is 0.494 e. The first-order chi connectivity index (χ1) is 12.7. The number of nitrogens with one attached hydrogen (secondary N) is 3. The third-order valence-corrected chi connectivity index (χ3v) is 3.93. The molecule has 3 rings (SSSR count). The molecule has 134 valence electrons. The molecule has 0 saturated heterocycles. The summed E-state index contributed by atoms with van der Waals surface area (Å²) in [7, 11) is 0. The Hall–Kier alpha value is -3.28. The van der Waals surface area contributed by atoms with Gasteiger partial charge in [-0.05, 0) is 30.2 Å². The number of amides is 2. The van der Waals surface area contributed by atoms with Crippen LogP contribution in [0.2, 0.25) is 0 Å². The minimum atomic E-state index is -0.261. The summed E-state index contributed by atoms with van der Waals surface area (Å²) in [6.07, 6.45) is 2.85. The van der Waals surface area contributed by atoms with Gasteiger partial charge in [-0.15, -0.1) is 0 Å². The van der Waals surface area contributed by atoms with Crippen LogP contribution in [-0.2, 0) is 16.0 Å². The van der Waals surface area contributed by atoms with Crippen molar-refractivity contribution in [2.24, 2.45) is 0 Å². The van der Waals surface area contributed by atoms with E-state index in [1.54, 1.807) is 0 Å². The Morgan fingerprint density at radius 3 is 2.50 bits per heavy atom. The van der Waals surface area contributed by atoms with E-state index in [4.69, 9.17) is 4.74 Å². The summed E-state index contributed by atoms with van der Waals surface area (Å²) < 4.78 is 5.52. The van der Waals surface area contributed by atoms with Gasteiger partial charge < -0.3 is 9.72 Å². The lowest BCUT2D eigenvalue weighted by Crippen LogP contribution is -2.42. The van der Waals surface area contributed by atoms with Crippen LogP contribution in [0.25, 0.3) is 10.9 Å². The van der Waals surface area contributed by atoms with E-state index >= 15 is 0 Å². The zero-order chi connectivity index (χ0) is 18.2. The highest BCUT2D eigenvalue weighted by atomic mass is 16.5. The smallest absolute Gasteiger partial charge is 0.242 e. The van der Waals surface area contributed by atoms with Gasteiger partial charge in [0.25, 0.3) is 0 Å². The summed E-state index contributed by atoms with van der Waals surface area (Å²) in [6, 6.07) is 17.2. The molecule has 3 N–H and O–H groups in total. The predicted octanol–water partition coefficient (Wildman–Crippen LogP) is 2.72. The molecule has 0 unspecified atom stereocenters. The van der Waals surface area contributed by atoms with Crippen LogP contribution < -0.4 is 15.6 Å². The van der Waals surface area contributed by atoms with Crippen molar-refractivity contribution in [3.63, 3.8) is 0 Å². The number of hydrogen-bond donors (Lipinski definition) is 3. The second kappa shape index (κ2) is 8.71. The van der Waals surface area contributed by atoms with Crippen LogP contribution in [0.4, 0.5) is 0 Å². The Balaban J connectivity index is 1.35. The van der Waals surface area contributed by atoms with Gasteiger partial charge >= 0.3 is 0 Å². The average molecular weight is 351 g/mol. The molecule has 6 nitrogen and oxygen atoms in total. The highest BCUT2D eigenvalue weighted by Crippen LogP contribution is 2.17. The maximum absolute atomic E-state index is 12.0. The zero-order valence-electron chi connectivity index (χ0n) is 14.3. The number of aromatic nitrogens is 1. The monoisotopic (exact) mass is 351 g/mol. The summed E-state index contributed by atoms with van der Waals surface area (Å²) in [4.78, 5) is 26.9. The molecular weight excluding hydrogens is 330 g/mol. The number of ether oxygens (including phenoxy) is 1. The van der Waals surface area contributed by atoms with Gasteiger partial charge in [0.05, 0.1) is 13.0 Å². The molecule has 2 aromatic carbocycles. The second-order valence-electron chi connectivity index (χ2n) is 5.90. The van der Waals surface area contributed by atoms with E-state index in [1.165, 1.54) is 0 Å². The number of benzene rings is 2. The van der Waals surface area contributed by atoms with Crippen molar-refractivity contribution in [3.05, 3.63) is 66.4 Å². The molecule has 0 saturated carbocycles. The number of carbonyl (C=O) groups is 2. The van der Waals surface area contributed by atoms with Crippen LogP contribution in [0.1, 0.15) is 18.4 Å². The van der Waals surface area contributed by atoms with Crippen molar-refractivity contribution in [2.45, 2.75) is 19.3 Å². The van der Waals surface area contributed by atoms with Gasteiger partial charge in [-0.1, -0.05) is 36.4 Å². The van der Waals surface area contributed by atoms with E-state index in [1.807, 2.05) is 60.8 Å². The van der Waals surface area contributed by atoms with Crippen LogP contribution in [0.15, 0.2) is 60.8 Å². The first-order valence-electron chi connectivity index (χ1n) is 8.53. The van der Waals surface area contributed by atoms with E-state index in [-0.39, 0.29) is 24.7 Å². The molecule has 6 heteroatoms. The van der Waals surface area contributed by atoms with E-state index < -0.39 is 0 Å². The van der Waals surface area contributed by atoms with Gasteiger partial charge in [-0.25, -0.2) is 0 Å². The Bertz CT molecular complexity index is 874. The molecule has 0 aliphatic rings. The highest BCUT2D eigenvalue weighted by molar-refractivity contribution is 5.89. The summed E-state index contributed by atoms with van der Waals surface area (Å²) in [5.41, 5.74) is 6.76. The number of hydrogen-bond acceptors (Lipinski definition) is 3. The van der Waals surface area contributed by atoms with Crippen molar-refractivity contribution in [3.8, 4) is 5.75 Å². The van der Waals surface area contributed by atoms with Crippen molar-refractivity contribution in [2.75, 3.05) is 6.61 Å². The third-order valence-electron chi connectivity index (χ3n) is 3.93. The lowest BCUT2D eigenvalue weighted by Gasteiger charge is -2.08. The molecule has 0 atom stereocenters. The lowest BCUT2D eigenvalue weighted by atomic mass is 10.1. The van der Waals surface area contributed by atoms with Gasteiger partial charge in [0, 0.05) is 23.5 Å². The Morgan fingerprint density at radius 1 is 0.923 bits per heavy atom. The fourth-order valence-corrected chi connectivity index (χ4v) is 2.64. The first-order valence-corrected chi connectivity index (χ1v) is 8.53. The van der Waals surface area contributed by atoms with Crippen molar-refractivity contribution in [1.82, 2.24) is 15.8 Å². The van der Waals surface area contributed by atoms with Gasteiger partial charge in [0.15, 0.2) is 0 Å². The molecule has 3 aromatic rings. The number of para-hydroxylation sites is 2. The molecule has 1 heterocycles. The second-order valence-corrected chi connectivity index (χ2v) is 5.90. The summed E-state index contributed by atoms with van der Waals surface area (Å²) >= 11 is 0. The quantitative estimate of drug-likeness (QED) is 0.452. The molecule has 0 fully saturated rings. The van der Waals surface area contributed by atoms with Crippen LogP contribution in [0.3, 0.4) is 0 Å².